The molecule has 6 nitrogen and oxygen atoms in total. The van der Waals surface area contributed by atoms with E-state index in [-0.39, 0.29) is 0 Å². The number of hydrogen-bond acceptors (Lipinski definition) is 4. The van der Waals surface area contributed by atoms with Gasteiger partial charge in [-0.1, -0.05) is 13.0 Å². The Morgan fingerprint density at radius 1 is 1.32 bits per heavy atom. The van der Waals surface area contributed by atoms with Crippen LogP contribution in [0.1, 0.15) is 18.9 Å². The summed E-state index contributed by atoms with van der Waals surface area (Å²) in [6.45, 7) is 6.27. The molecule has 0 atom stereocenters. The molecule has 0 aromatic heterocycles. The molecule has 1 saturated heterocycles. The maximum atomic E-state index is 6.03. The number of methoxy groups -OCH3 is 1. The van der Waals surface area contributed by atoms with Gasteiger partial charge in [0.1, 0.15) is 0 Å². The number of nitrogens with zero attached hydrogens (tertiary/aromatic N) is 2. The molecule has 6 heteroatoms. The van der Waals surface area contributed by atoms with Crippen LogP contribution in [-0.4, -0.2) is 50.9 Å². The summed E-state index contributed by atoms with van der Waals surface area (Å²) in [7, 11) is 1.64. The highest BCUT2D eigenvalue weighted by Crippen LogP contribution is 2.28. The molecule has 1 heterocycles. The van der Waals surface area contributed by atoms with Gasteiger partial charge in [-0.25, -0.2) is 4.99 Å². The van der Waals surface area contributed by atoms with E-state index in [1.165, 1.54) is 0 Å². The van der Waals surface area contributed by atoms with Crippen molar-refractivity contribution < 1.29 is 14.2 Å². The first-order valence-electron chi connectivity index (χ1n) is 7.67. The van der Waals surface area contributed by atoms with Gasteiger partial charge in [0.2, 0.25) is 0 Å². The van der Waals surface area contributed by atoms with Crippen LogP contribution in [0.15, 0.2) is 23.2 Å². The molecule has 22 heavy (non-hydrogen) atoms. The topological polar surface area (TPSA) is 69.3 Å². The molecule has 2 rings (SSSR count). The van der Waals surface area contributed by atoms with Crippen molar-refractivity contribution in [1.29, 1.82) is 0 Å². The lowest BCUT2D eigenvalue weighted by Gasteiger charge is -2.27. The van der Waals surface area contributed by atoms with Crippen LogP contribution in [0.5, 0.6) is 11.5 Å². The highest BCUT2D eigenvalue weighted by molar-refractivity contribution is 5.78. The Kier molecular flexibility index (Phi) is 6.33. The van der Waals surface area contributed by atoms with E-state index in [0.717, 1.165) is 36.6 Å². The molecule has 0 radical (unpaired) electrons. The van der Waals surface area contributed by atoms with Gasteiger partial charge in [-0.2, -0.15) is 0 Å². The van der Waals surface area contributed by atoms with Gasteiger partial charge >= 0.3 is 0 Å². The first kappa shape index (κ1) is 16.4. The van der Waals surface area contributed by atoms with Crippen molar-refractivity contribution in [3.8, 4) is 11.5 Å². The smallest absolute Gasteiger partial charge is 0.191 e. The number of guanidine groups is 1. The Hall–Kier alpha value is -1.95. The lowest BCUT2D eigenvalue weighted by atomic mass is 10.2. The summed E-state index contributed by atoms with van der Waals surface area (Å²) in [5.74, 6) is 2.05. The largest absolute Gasteiger partial charge is 0.493 e. The average molecular weight is 307 g/mol. The molecular weight excluding hydrogens is 282 g/mol. The normalized spacial score (nSPS) is 15.7. The van der Waals surface area contributed by atoms with E-state index in [9.17, 15) is 0 Å². The molecule has 0 amide bonds. The molecule has 122 valence electrons. The number of morpholine rings is 1. The number of benzene rings is 1. The number of hydrogen-bond donors (Lipinski definition) is 1. The second kappa shape index (κ2) is 8.48. The lowest BCUT2D eigenvalue weighted by molar-refractivity contribution is 0.0674. The van der Waals surface area contributed by atoms with E-state index in [1.54, 1.807) is 7.11 Å². The molecular formula is C16H25N3O3. The Bertz CT molecular complexity index is 499. The Morgan fingerprint density at radius 2 is 2.09 bits per heavy atom. The summed E-state index contributed by atoms with van der Waals surface area (Å²) in [6.07, 6.45) is 0.964. The van der Waals surface area contributed by atoms with Gasteiger partial charge in [-0.3, -0.25) is 0 Å². The van der Waals surface area contributed by atoms with Crippen LogP contribution in [0.3, 0.4) is 0 Å². The molecule has 0 unspecified atom stereocenters. The van der Waals surface area contributed by atoms with Crippen molar-refractivity contribution in [2.24, 2.45) is 10.7 Å². The first-order chi connectivity index (χ1) is 10.7. The molecule has 1 aliphatic rings. The highest BCUT2D eigenvalue weighted by Gasteiger charge is 2.12. The average Bonchev–Trinajstić information content (AvgIpc) is 2.58. The van der Waals surface area contributed by atoms with Crippen molar-refractivity contribution in [1.82, 2.24) is 4.90 Å². The maximum absolute atomic E-state index is 6.03. The van der Waals surface area contributed by atoms with Crippen LogP contribution in [0.2, 0.25) is 0 Å². The van der Waals surface area contributed by atoms with Gasteiger partial charge in [0.15, 0.2) is 17.5 Å². The van der Waals surface area contributed by atoms with Crippen LogP contribution in [-0.2, 0) is 11.3 Å². The molecule has 0 bridgehead atoms. The number of rotatable bonds is 6. The van der Waals surface area contributed by atoms with Crippen molar-refractivity contribution in [3.05, 3.63) is 23.8 Å². The summed E-state index contributed by atoms with van der Waals surface area (Å²) in [4.78, 5) is 6.49. The minimum absolute atomic E-state index is 0.521. The zero-order valence-corrected chi connectivity index (χ0v) is 13.4. The SMILES string of the molecule is CCCOc1ccc(CN=C(N)N2CCOCC2)cc1OC. The van der Waals surface area contributed by atoms with E-state index in [0.29, 0.717) is 32.3 Å². The van der Waals surface area contributed by atoms with Crippen molar-refractivity contribution in [2.45, 2.75) is 19.9 Å². The predicted molar refractivity (Wildman–Crippen MR) is 86.5 cm³/mol. The van der Waals surface area contributed by atoms with Crippen LogP contribution >= 0.6 is 0 Å². The number of nitrogens with two attached hydrogens (primary N) is 1. The minimum atomic E-state index is 0.521. The lowest BCUT2D eigenvalue weighted by Crippen LogP contribution is -2.44. The Morgan fingerprint density at radius 3 is 2.77 bits per heavy atom. The number of ether oxygens (including phenoxy) is 3. The van der Waals surface area contributed by atoms with Gasteiger partial charge in [-0.05, 0) is 24.1 Å². The quantitative estimate of drug-likeness (QED) is 0.639. The molecule has 0 spiro atoms. The van der Waals surface area contributed by atoms with Crippen LogP contribution in [0, 0.1) is 0 Å². The zero-order chi connectivity index (χ0) is 15.8. The third kappa shape index (κ3) is 4.53. The standard InChI is InChI=1S/C16H25N3O3/c1-3-8-22-14-5-4-13(11-15(14)20-2)12-18-16(17)19-6-9-21-10-7-19/h4-5,11H,3,6-10,12H2,1-2H3,(H2,17,18). The van der Waals surface area contributed by atoms with Gasteiger partial charge < -0.3 is 24.8 Å². The van der Waals surface area contributed by atoms with Gasteiger partial charge in [0, 0.05) is 13.1 Å². The second-order valence-electron chi connectivity index (χ2n) is 5.11. The second-order valence-corrected chi connectivity index (χ2v) is 5.11. The molecule has 1 fully saturated rings. The van der Waals surface area contributed by atoms with Gasteiger partial charge in [-0.15, -0.1) is 0 Å². The minimum Gasteiger partial charge on any atom is -0.493 e. The maximum Gasteiger partial charge on any atom is 0.191 e. The van der Waals surface area contributed by atoms with E-state index >= 15 is 0 Å². The van der Waals surface area contributed by atoms with E-state index < -0.39 is 0 Å². The van der Waals surface area contributed by atoms with Crippen molar-refractivity contribution in [3.63, 3.8) is 0 Å². The summed E-state index contributed by atoms with van der Waals surface area (Å²) < 4.78 is 16.3. The Balaban J connectivity index is 1.99. The fraction of sp³-hybridized carbons (Fsp3) is 0.562. The van der Waals surface area contributed by atoms with Crippen molar-refractivity contribution in [2.75, 3.05) is 40.0 Å². The molecule has 1 aromatic carbocycles. The van der Waals surface area contributed by atoms with Gasteiger partial charge in [0.25, 0.3) is 0 Å². The zero-order valence-electron chi connectivity index (χ0n) is 13.4. The summed E-state index contributed by atoms with van der Waals surface area (Å²) >= 11 is 0. The van der Waals surface area contributed by atoms with Crippen LogP contribution < -0.4 is 15.2 Å². The fourth-order valence-corrected chi connectivity index (χ4v) is 2.21. The summed E-state index contributed by atoms with van der Waals surface area (Å²) in [5.41, 5.74) is 7.07. The molecule has 2 N–H and O–H groups in total. The monoisotopic (exact) mass is 307 g/mol. The van der Waals surface area contributed by atoms with E-state index in [4.69, 9.17) is 19.9 Å². The molecule has 1 aliphatic heterocycles. The summed E-state index contributed by atoms with van der Waals surface area (Å²) in [6, 6.07) is 5.86. The van der Waals surface area contributed by atoms with Crippen LogP contribution in [0.4, 0.5) is 0 Å². The Labute approximate surface area is 131 Å². The van der Waals surface area contributed by atoms with Crippen molar-refractivity contribution >= 4 is 5.96 Å². The van der Waals surface area contributed by atoms with E-state index in [2.05, 4.69) is 11.9 Å². The molecule has 1 aromatic rings. The summed E-state index contributed by atoms with van der Waals surface area (Å²) in [5, 5.41) is 0. The predicted octanol–water partition coefficient (Wildman–Crippen LogP) is 1.63. The van der Waals surface area contributed by atoms with Crippen LogP contribution in [0.25, 0.3) is 0 Å². The highest BCUT2D eigenvalue weighted by atomic mass is 16.5. The fourth-order valence-electron chi connectivity index (χ4n) is 2.21. The third-order valence-electron chi connectivity index (χ3n) is 3.45. The molecule has 0 aliphatic carbocycles. The third-order valence-corrected chi connectivity index (χ3v) is 3.45. The van der Waals surface area contributed by atoms with Gasteiger partial charge in [0.05, 0.1) is 33.5 Å². The number of aliphatic imine (C=N–C) groups is 1. The molecule has 0 saturated carbocycles. The van der Waals surface area contributed by atoms with E-state index in [1.807, 2.05) is 23.1 Å². The first-order valence-corrected chi connectivity index (χ1v) is 7.67.